The summed E-state index contributed by atoms with van der Waals surface area (Å²) in [7, 11) is 1.64. The Morgan fingerprint density at radius 1 is 1.06 bits per heavy atom. The van der Waals surface area contributed by atoms with Crippen molar-refractivity contribution in [3.63, 3.8) is 0 Å². The van der Waals surface area contributed by atoms with E-state index in [4.69, 9.17) is 4.74 Å². The van der Waals surface area contributed by atoms with E-state index in [0.717, 1.165) is 38.1 Å². The van der Waals surface area contributed by atoms with Crippen LogP contribution in [-0.4, -0.2) is 38.5 Å². The molecule has 5 rings (SSSR count). The Kier molecular flexibility index (Phi) is 6.37. The van der Waals surface area contributed by atoms with Gasteiger partial charge in [-0.15, -0.1) is 10.2 Å². The molecule has 2 N–H and O–H groups in total. The van der Waals surface area contributed by atoms with E-state index < -0.39 is 0 Å². The zero-order chi connectivity index (χ0) is 23.5. The van der Waals surface area contributed by atoms with E-state index >= 15 is 0 Å². The Hall–Kier alpha value is -3.56. The predicted molar refractivity (Wildman–Crippen MR) is 139 cm³/mol. The van der Waals surface area contributed by atoms with E-state index in [2.05, 4.69) is 36.4 Å². The molecule has 170 valence electrons. The molecular weight excluding hydrogens is 514 g/mol. The van der Waals surface area contributed by atoms with Crippen LogP contribution in [0, 0.1) is 0 Å². The van der Waals surface area contributed by atoms with Crippen molar-refractivity contribution in [3.05, 3.63) is 83.5 Å². The Balaban J connectivity index is 1.47. The van der Waals surface area contributed by atoms with Crippen molar-refractivity contribution >= 4 is 50.2 Å². The number of fused-ring (bicyclic) bond motifs is 1. The molecule has 0 spiro atoms. The second-order valence-corrected chi connectivity index (χ2v) is 9.29. The van der Waals surface area contributed by atoms with Crippen molar-refractivity contribution in [2.24, 2.45) is 0 Å². The van der Waals surface area contributed by atoms with Crippen LogP contribution in [0.2, 0.25) is 0 Å². The summed E-state index contributed by atoms with van der Waals surface area (Å²) in [5.41, 5.74) is 3.57. The number of para-hydroxylation sites is 1. The van der Waals surface area contributed by atoms with Crippen LogP contribution in [0.3, 0.4) is 0 Å². The smallest absolute Gasteiger partial charge is 0.234 e. The number of rotatable bonds is 7. The van der Waals surface area contributed by atoms with E-state index in [-0.39, 0.29) is 11.7 Å². The summed E-state index contributed by atoms with van der Waals surface area (Å²) < 4.78 is 8.23. The van der Waals surface area contributed by atoms with Gasteiger partial charge in [0.1, 0.15) is 5.75 Å². The molecule has 2 heterocycles. The molecule has 2 aromatic heterocycles. The number of halogens is 1. The first-order valence-corrected chi connectivity index (χ1v) is 12.2. The van der Waals surface area contributed by atoms with Crippen molar-refractivity contribution in [2.45, 2.75) is 5.16 Å². The summed E-state index contributed by atoms with van der Waals surface area (Å²) in [6, 6.07) is 23.2. The van der Waals surface area contributed by atoms with Crippen LogP contribution in [-0.2, 0) is 4.79 Å². The van der Waals surface area contributed by atoms with Gasteiger partial charge in [0.25, 0.3) is 0 Å². The first kappa shape index (κ1) is 22.2. The fourth-order valence-electron chi connectivity index (χ4n) is 3.62. The lowest BCUT2D eigenvalue weighted by Crippen LogP contribution is -2.14. The highest BCUT2D eigenvalue weighted by molar-refractivity contribution is 9.10. The molecule has 5 aromatic rings. The highest BCUT2D eigenvalue weighted by atomic mass is 79.9. The Bertz CT molecular complexity index is 1440. The van der Waals surface area contributed by atoms with Crippen LogP contribution in [0.25, 0.3) is 28.0 Å². The molecule has 0 aliphatic heterocycles. The summed E-state index contributed by atoms with van der Waals surface area (Å²) in [4.78, 5) is 15.9. The second kappa shape index (κ2) is 9.74. The third-order valence-electron chi connectivity index (χ3n) is 5.25. The maximum Gasteiger partial charge on any atom is 0.234 e. The molecule has 9 heteroatoms. The highest BCUT2D eigenvalue weighted by Gasteiger charge is 2.20. The maximum atomic E-state index is 12.6. The quantitative estimate of drug-likeness (QED) is 0.254. The number of carbonyl (C=O) groups excluding carboxylic acids is 1. The van der Waals surface area contributed by atoms with Gasteiger partial charge in [0.15, 0.2) is 11.0 Å². The molecule has 0 aliphatic carbocycles. The number of benzene rings is 3. The molecule has 0 saturated heterocycles. The van der Waals surface area contributed by atoms with Crippen molar-refractivity contribution in [1.29, 1.82) is 0 Å². The van der Waals surface area contributed by atoms with Gasteiger partial charge in [-0.2, -0.15) is 0 Å². The van der Waals surface area contributed by atoms with Crippen molar-refractivity contribution in [1.82, 2.24) is 19.7 Å². The highest BCUT2D eigenvalue weighted by Crippen LogP contribution is 2.33. The van der Waals surface area contributed by atoms with Crippen LogP contribution in [0.4, 0.5) is 5.69 Å². The molecule has 0 unspecified atom stereocenters. The average molecular weight is 534 g/mol. The summed E-state index contributed by atoms with van der Waals surface area (Å²) in [6.45, 7) is 0. The first-order chi connectivity index (χ1) is 16.6. The number of hydrogen-bond acceptors (Lipinski definition) is 5. The number of aromatic nitrogens is 4. The number of thioether (sulfide) groups is 1. The van der Waals surface area contributed by atoms with Crippen LogP contribution in [0.1, 0.15) is 0 Å². The summed E-state index contributed by atoms with van der Waals surface area (Å²) in [6.07, 6.45) is 1.93. The van der Waals surface area contributed by atoms with E-state index in [0.29, 0.717) is 11.0 Å². The molecule has 0 fully saturated rings. The number of carbonyl (C=O) groups is 1. The van der Waals surface area contributed by atoms with E-state index in [1.165, 1.54) is 11.8 Å². The number of aromatic amines is 1. The monoisotopic (exact) mass is 533 g/mol. The number of nitrogens with one attached hydrogen (secondary N) is 2. The third-order valence-corrected chi connectivity index (χ3v) is 6.71. The first-order valence-electron chi connectivity index (χ1n) is 10.5. The Morgan fingerprint density at radius 3 is 2.59 bits per heavy atom. The van der Waals surface area contributed by atoms with Gasteiger partial charge in [-0.3, -0.25) is 9.36 Å². The van der Waals surface area contributed by atoms with Gasteiger partial charge < -0.3 is 15.0 Å². The Morgan fingerprint density at radius 2 is 1.82 bits per heavy atom. The van der Waals surface area contributed by atoms with E-state index in [9.17, 15) is 4.79 Å². The SMILES string of the molecule is COc1ccc(-n2c(SCC(=O)Nc3ccc(Br)cc3)nnc2-c2c[nH]c3ccccc23)cc1. The van der Waals surface area contributed by atoms with E-state index in [1.54, 1.807) is 7.11 Å². The third kappa shape index (κ3) is 4.57. The number of H-pyrrole nitrogens is 1. The van der Waals surface area contributed by atoms with Gasteiger partial charge in [0, 0.05) is 38.5 Å². The molecule has 7 nitrogen and oxygen atoms in total. The van der Waals surface area contributed by atoms with Crippen molar-refractivity contribution < 1.29 is 9.53 Å². The minimum absolute atomic E-state index is 0.120. The van der Waals surface area contributed by atoms with Gasteiger partial charge >= 0.3 is 0 Å². The fourth-order valence-corrected chi connectivity index (χ4v) is 4.64. The van der Waals surface area contributed by atoms with Crippen LogP contribution < -0.4 is 10.1 Å². The molecule has 0 saturated carbocycles. The van der Waals surface area contributed by atoms with Crippen molar-refractivity contribution in [2.75, 3.05) is 18.2 Å². The molecular formula is C25H20BrN5O2S. The number of anilines is 1. The van der Waals surface area contributed by atoms with Gasteiger partial charge in [0.05, 0.1) is 12.9 Å². The minimum atomic E-state index is -0.120. The van der Waals surface area contributed by atoms with Crippen molar-refractivity contribution in [3.8, 4) is 22.8 Å². The van der Waals surface area contributed by atoms with Crippen LogP contribution >= 0.6 is 27.7 Å². The number of methoxy groups -OCH3 is 1. The van der Waals surface area contributed by atoms with Gasteiger partial charge in [-0.25, -0.2) is 0 Å². The lowest BCUT2D eigenvalue weighted by atomic mass is 10.1. The molecule has 3 aromatic carbocycles. The molecule has 0 aliphatic rings. The average Bonchev–Trinajstić information content (AvgIpc) is 3.48. The summed E-state index contributed by atoms with van der Waals surface area (Å²) in [5, 5.41) is 13.5. The van der Waals surface area contributed by atoms with E-state index in [1.807, 2.05) is 83.6 Å². The number of hydrogen-bond donors (Lipinski definition) is 2. The molecule has 0 bridgehead atoms. The number of nitrogens with zero attached hydrogens (tertiary/aromatic N) is 3. The lowest BCUT2D eigenvalue weighted by Gasteiger charge is -2.11. The summed E-state index contributed by atoms with van der Waals surface area (Å²) in [5.74, 6) is 1.52. The second-order valence-electron chi connectivity index (χ2n) is 7.43. The minimum Gasteiger partial charge on any atom is -0.497 e. The topological polar surface area (TPSA) is 84.8 Å². The zero-order valence-corrected chi connectivity index (χ0v) is 20.6. The maximum absolute atomic E-state index is 12.6. The fraction of sp³-hybridized carbons (Fsp3) is 0.0800. The molecule has 34 heavy (non-hydrogen) atoms. The predicted octanol–water partition coefficient (Wildman–Crippen LogP) is 5.92. The normalized spacial score (nSPS) is 11.0. The molecule has 0 radical (unpaired) electrons. The lowest BCUT2D eigenvalue weighted by molar-refractivity contribution is -0.113. The number of ether oxygens (including phenoxy) is 1. The van der Waals surface area contributed by atoms with Crippen LogP contribution in [0.5, 0.6) is 5.75 Å². The van der Waals surface area contributed by atoms with Gasteiger partial charge in [0.2, 0.25) is 5.91 Å². The van der Waals surface area contributed by atoms with Gasteiger partial charge in [-0.1, -0.05) is 45.9 Å². The largest absolute Gasteiger partial charge is 0.497 e. The standard InChI is InChI=1S/C25H20BrN5O2S/c1-33-19-12-10-18(11-13-19)31-24(21-14-27-22-5-3-2-4-20(21)22)29-30-25(31)34-15-23(32)28-17-8-6-16(26)7-9-17/h2-14,27H,15H2,1H3,(H,28,32). The Labute approximate surface area is 208 Å². The zero-order valence-electron chi connectivity index (χ0n) is 18.2. The summed E-state index contributed by atoms with van der Waals surface area (Å²) >= 11 is 4.73. The molecule has 1 amide bonds. The van der Waals surface area contributed by atoms with Crippen LogP contribution in [0.15, 0.2) is 88.6 Å². The molecule has 0 atom stereocenters. The number of amides is 1. The van der Waals surface area contributed by atoms with Gasteiger partial charge in [-0.05, 0) is 54.6 Å².